The molecule has 1 fully saturated rings. The molecule has 2 heterocycles. The Morgan fingerprint density at radius 1 is 1.73 bits per heavy atom. The molecule has 0 aromatic carbocycles. The van der Waals surface area contributed by atoms with Gasteiger partial charge in [-0.1, -0.05) is 5.16 Å². The van der Waals surface area contributed by atoms with Crippen molar-refractivity contribution >= 4 is 5.82 Å². The maximum absolute atomic E-state index is 5.50. The van der Waals surface area contributed by atoms with E-state index in [1.54, 1.807) is 6.07 Å². The number of nitrogen functional groups attached to an aromatic ring is 1. The Labute approximate surface area is 89.8 Å². The number of anilines is 1. The lowest BCUT2D eigenvalue weighted by Gasteiger charge is -2.22. The predicted octanol–water partition coefficient (Wildman–Crippen LogP) is 0.393. The van der Waals surface area contributed by atoms with Gasteiger partial charge in [0.25, 0.3) is 0 Å². The maximum atomic E-state index is 5.50. The van der Waals surface area contributed by atoms with Crippen molar-refractivity contribution in [3.63, 3.8) is 0 Å². The number of likely N-dealkylation sites (N-methyl/N-ethyl adjacent to an activating group) is 2. The second-order valence-corrected chi connectivity index (χ2v) is 4.34. The van der Waals surface area contributed by atoms with Gasteiger partial charge in [0, 0.05) is 18.7 Å². The standard InChI is InChI=1S/C10H18N4O/c1-13-4-3-8(6-13)14(2)7-9-5-10(11)12-15-9/h5,8H,3-4,6-7H2,1-2H3,(H2,11,12). The molecule has 1 aliphatic heterocycles. The lowest BCUT2D eigenvalue weighted by molar-refractivity contribution is 0.208. The highest BCUT2D eigenvalue weighted by Crippen LogP contribution is 2.15. The summed E-state index contributed by atoms with van der Waals surface area (Å²) in [5.41, 5.74) is 5.50. The first-order valence-corrected chi connectivity index (χ1v) is 5.25. The van der Waals surface area contributed by atoms with Gasteiger partial charge >= 0.3 is 0 Å². The van der Waals surface area contributed by atoms with Crippen LogP contribution < -0.4 is 5.73 Å². The number of likely N-dealkylation sites (tertiary alicyclic amines) is 1. The molecule has 1 saturated heterocycles. The molecular formula is C10H18N4O. The fourth-order valence-corrected chi connectivity index (χ4v) is 2.05. The van der Waals surface area contributed by atoms with E-state index in [1.165, 1.54) is 13.0 Å². The van der Waals surface area contributed by atoms with Crippen LogP contribution in [0.3, 0.4) is 0 Å². The molecule has 15 heavy (non-hydrogen) atoms. The van der Waals surface area contributed by atoms with E-state index in [0.29, 0.717) is 11.9 Å². The molecule has 0 bridgehead atoms. The first-order valence-electron chi connectivity index (χ1n) is 5.25. The Morgan fingerprint density at radius 3 is 3.07 bits per heavy atom. The minimum Gasteiger partial charge on any atom is -0.381 e. The second kappa shape index (κ2) is 4.20. The van der Waals surface area contributed by atoms with Crippen LogP contribution in [0.4, 0.5) is 5.82 Å². The van der Waals surface area contributed by atoms with Gasteiger partial charge in [-0.3, -0.25) is 4.90 Å². The molecular weight excluding hydrogens is 192 g/mol. The van der Waals surface area contributed by atoms with E-state index >= 15 is 0 Å². The predicted molar refractivity (Wildman–Crippen MR) is 58.3 cm³/mol. The fourth-order valence-electron chi connectivity index (χ4n) is 2.05. The highest BCUT2D eigenvalue weighted by Gasteiger charge is 2.23. The lowest BCUT2D eigenvalue weighted by Crippen LogP contribution is -2.33. The number of nitrogens with zero attached hydrogens (tertiary/aromatic N) is 3. The Balaban J connectivity index is 1.89. The Hall–Kier alpha value is -1.07. The van der Waals surface area contributed by atoms with E-state index in [1.807, 2.05) is 0 Å². The van der Waals surface area contributed by atoms with Crippen LogP contribution in [0, 0.1) is 0 Å². The summed E-state index contributed by atoms with van der Waals surface area (Å²) >= 11 is 0. The van der Waals surface area contributed by atoms with Crippen LogP contribution in [0.25, 0.3) is 0 Å². The van der Waals surface area contributed by atoms with Crippen LogP contribution in [-0.2, 0) is 6.54 Å². The minimum absolute atomic E-state index is 0.460. The van der Waals surface area contributed by atoms with Gasteiger partial charge in [-0.15, -0.1) is 0 Å². The second-order valence-electron chi connectivity index (χ2n) is 4.34. The Bertz CT molecular complexity index is 325. The van der Waals surface area contributed by atoms with Gasteiger partial charge in [-0.05, 0) is 27.1 Å². The molecule has 1 atom stereocenters. The first-order chi connectivity index (χ1) is 7.15. The summed E-state index contributed by atoms with van der Waals surface area (Å²) in [6.45, 7) is 3.08. The van der Waals surface area contributed by atoms with Crippen molar-refractivity contribution in [1.82, 2.24) is 15.0 Å². The van der Waals surface area contributed by atoms with Gasteiger partial charge in [-0.2, -0.15) is 0 Å². The highest BCUT2D eigenvalue weighted by molar-refractivity contribution is 5.26. The first kappa shape index (κ1) is 10.4. The topological polar surface area (TPSA) is 58.5 Å². The lowest BCUT2D eigenvalue weighted by atomic mass is 10.2. The van der Waals surface area contributed by atoms with E-state index < -0.39 is 0 Å². The molecule has 2 N–H and O–H groups in total. The zero-order valence-electron chi connectivity index (χ0n) is 9.31. The van der Waals surface area contributed by atoms with Gasteiger partial charge < -0.3 is 15.2 Å². The van der Waals surface area contributed by atoms with Crippen molar-refractivity contribution in [2.75, 3.05) is 32.9 Å². The zero-order chi connectivity index (χ0) is 10.8. The molecule has 0 aliphatic carbocycles. The van der Waals surface area contributed by atoms with Gasteiger partial charge in [0.2, 0.25) is 0 Å². The van der Waals surface area contributed by atoms with Gasteiger partial charge in [0.15, 0.2) is 11.6 Å². The van der Waals surface area contributed by atoms with Crippen molar-refractivity contribution < 1.29 is 4.52 Å². The van der Waals surface area contributed by atoms with Gasteiger partial charge in [-0.25, -0.2) is 0 Å². The third-order valence-corrected chi connectivity index (χ3v) is 2.97. The molecule has 0 amide bonds. The Morgan fingerprint density at radius 2 is 2.53 bits per heavy atom. The minimum atomic E-state index is 0.460. The summed E-state index contributed by atoms with van der Waals surface area (Å²) in [6.07, 6.45) is 1.22. The van der Waals surface area contributed by atoms with Crippen molar-refractivity contribution in [2.24, 2.45) is 0 Å². The number of aromatic nitrogens is 1. The smallest absolute Gasteiger partial charge is 0.167 e. The van der Waals surface area contributed by atoms with Crippen LogP contribution in [0.1, 0.15) is 12.2 Å². The molecule has 5 heteroatoms. The van der Waals surface area contributed by atoms with E-state index in [2.05, 4.69) is 29.1 Å². The molecule has 1 aliphatic rings. The van der Waals surface area contributed by atoms with Crippen molar-refractivity contribution in [2.45, 2.75) is 19.0 Å². The summed E-state index contributed by atoms with van der Waals surface area (Å²) in [5.74, 6) is 1.30. The number of rotatable bonds is 3. The van der Waals surface area contributed by atoms with E-state index in [0.717, 1.165) is 18.8 Å². The van der Waals surface area contributed by atoms with Gasteiger partial charge in [0.1, 0.15) is 0 Å². The average molecular weight is 210 g/mol. The van der Waals surface area contributed by atoms with Crippen LogP contribution in [-0.4, -0.2) is 48.2 Å². The van der Waals surface area contributed by atoms with Crippen LogP contribution in [0.2, 0.25) is 0 Å². The maximum Gasteiger partial charge on any atom is 0.167 e. The van der Waals surface area contributed by atoms with Crippen LogP contribution in [0.15, 0.2) is 10.6 Å². The largest absolute Gasteiger partial charge is 0.381 e. The molecule has 0 radical (unpaired) electrons. The van der Waals surface area contributed by atoms with Crippen LogP contribution in [0.5, 0.6) is 0 Å². The van der Waals surface area contributed by atoms with Crippen molar-refractivity contribution in [1.29, 1.82) is 0 Å². The summed E-state index contributed by atoms with van der Waals surface area (Å²) < 4.78 is 5.09. The number of nitrogens with two attached hydrogens (primary N) is 1. The van der Waals surface area contributed by atoms with E-state index in [9.17, 15) is 0 Å². The molecule has 1 unspecified atom stereocenters. The molecule has 1 aromatic rings. The monoisotopic (exact) mass is 210 g/mol. The molecule has 0 spiro atoms. The van der Waals surface area contributed by atoms with Gasteiger partial charge in [0.05, 0.1) is 6.54 Å². The highest BCUT2D eigenvalue weighted by atomic mass is 16.5. The van der Waals surface area contributed by atoms with Crippen LogP contribution >= 0.6 is 0 Å². The molecule has 0 saturated carbocycles. The quantitative estimate of drug-likeness (QED) is 0.782. The number of hydrogen-bond donors (Lipinski definition) is 1. The van der Waals surface area contributed by atoms with Crippen molar-refractivity contribution in [3.05, 3.63) is 11.8 Å². The summed E-state index contributed by atoms with van der Waals surface area (Å²) in [4.78, 5) is 4.64. The van der Waals surface area contributed by atoms with Crippen molar-refractivity contribution in [3.8, 4) is 0 Å². The zero-order valence-corrected chi connectivity index (χ0v) is 9.31. The summed E-state index contributed by atoms with van der Waals surface area (Å²) in [5, 5.41) is 3.68. The molecule has 2 rings (SSSR count). The fraction of sp³-hybridized carbons (Fsp3) is 0.700. The third-order valence-electron chi connectivity index (χ3n) is 2.97. The summed E-state index contributed by atoms with van der Waals surface area (Å²) in [6, 6.07) is 2.40. The molecule has 84 valence electrons. The van der Waals surface area contributed by atoms with E-state index in [-0.39, 0.29) is 0 Å². The molecule has 1 aromatic heterocycles. The Kier molecular flexibility index (Phi) is 2.93. The average Bonchev–Trinajstić information content (AvgIpc) is 2.75. The number of hydrogen-bond acceptors (Lipinski definition) is 5. The normalized spacial score (nSPS) is 22.7. The third kappa shape index (κ3) is 2.49. The van der Waals surface area contributed by atoms with E-state index in [4.69, 9.17) is 10.3 Å². The SMILES string of the molecule is CN1CCC(N(C)Cc2cc(N)no2)C1. The summed E-state index contributed by atoms with van der Waals surface area (Å²) in [7, 11) is 4.27. The molecule has 5 nitrogen and oxygen atoms in total.